The van der Waals surface area contributed by atoms with E-state index >= 15 is 0 Å². The van der Waals surface area contributed by atoms with Crippen molar-refractivity contribution < 1.29 is 17.9 Å². The van der Waals surface area contributed by atoms with E-state index in [4.69, 9.17) is 4.74 Å². The molecule has 0 N–H and O–H groups in total. The van der Waals surface area contributed by atoms with E-state index < -0.39 is 11.7 Å². The van der Waals surface area contributed by atoms with E-state index in [1.165, 1.54) is 24.5 Å². The molecule has 0 spiro atoms. The molecule has 4 rings (SSSR count). The van der Waals surface area contributed by atoms with E-state index in [1.54, 1.807) is 0 Å². The molecule has 34 heavy (non-hydrogen) atoms. The molecule has 1 aromatic carbocycles. The van der Waals surface area contributed by atoms with Crippen LogP contribution in [-0.4, -0.2) is 67.2 Å². The second kappa shape index (κ2) is 9.75. The van der Waals surface area contributed by atoms with Gasteiger partial charge < -0.3 is 14.5 Å². The smallest absolute Gasteiger partial charge is 0.416 e. The highest BCUT2D eigenvalue weighted by atomic mass is 32.1. The summed E-state index contributed by atoms with van der Waals surface area (Å²) in [5.41, 5.74) is 1.65. The Bertz CT molecular complexity index is 1140. The van der Waals surface area contributed by atoms with E-state index in [-0.39, 0.29) is 5.75 Å². The molecule has 182 valence electrons. The van der Waals surface area contributed by atoms with E-state index in [0.717, 1.165) is 55.5 Å². The first-order chi connectivity index (χ1) is 16.1. The van der Waals surface area contributed by atoms with E-state index in [0.29, 0.717) is 23.1 Å². The second-order valence-corrected chi connectivity index (χ2v) is 9.24. The van der Waals surface area contributed by atoms with Crippen LogP contribution in [0.25, 0.3) is 10.6 Å². The minimum Gasteiger partial charge on any atom is -0.496 e. The quantitative estimate of drug-likeness (QED) is 0.508. The summed E-state index contributed by atoms with van der Waals surface area (Å²) in [7, 11) is 5.23. The Morgan fingerprint density at radius 2 is 1.79 bits per heavy atom. The molecule has 1 aliphatic heterocycles. The maximum atomic E-state index is 13.0. The van der Waals surface area contributed by atoms with Crippen LogP contribution >= 0.6 is 11.3 Å². The Balaban J connectivity index is 1.41. The number of rotatable bonds is 6. The van der Waals surface area contributed by atoms with Gasteiger partial charge in [0.15, 0.2) is 0 Å². The maximum Gasteiger partial charge on any atom is 0.416 e. The van der Waals surface area contributed by atoms with Crippen molar-refractivity contribution in [2.75, 3.05) is 57.2 Å². The molecule has 3 heterocycles. The van der Waals surface area contributed by atoms with Crippen LogP contribution in [0.5, 0.6) is 5.75 Å². The van der Waals surface area contributed by atoms with Crippen molar-refractivity contribution in [2.45, 2.75) is 19.6 Å². The van der Waals surface area contributed by atoms with Gasteiger partial charge in [-0.25, -0.2) is 9.97 Å². The van der Waals surface area contributed by atoms with Gasteiger partial charge in [-0.15, -0.1) is 11.3 Å². The Labute approximate surface area is 200 Å². The Morgan fingerprint density at radius 1 is 1.06 bits per heavy atom. The third-order valence-corrected chi connectivity index (χ3v) is 6.55. The van der Waals surface area contributed by atoms with Crippen molar-refractivity contribution in [1.82, 2.24) is 19.9 Å². The maximum absolute atomic E-state index is 13.0. The Kier molecular flexibility index (Phi) is 6.94. The van der Waals surface area contributed by atoms with Crippen molar-refractivity contribution in [1.29, 1.82) is 0 Å². The highest BCUT2D eigenvalue weighted by Crippen LogP contribution is 2.38. The number of aromatic nitrogens is 3. The van der Waals surface area contributed by atoms with Crippen LogP contribution in [0.15, 0.2) is 29.6 Å². The number of aryl methyl sites for hydroxylation is 1. The van der Waals surface area contributed by atoms with Gasteiger partial charge in [-0.2, -0.15) is 18.2 Å². The molecule has 1 fully saturated rings. The molecule has 0 atom stereocenters. The highest BCUT2D eigenvalue weighted by Gasteiger charge is 2.31. The Hall–Kier alpha value is -2.92. The molecule has 3 aromatic rings. The van der Waals surface area contributed by atoms with Gasteiger partial charge in [0.25, 0.3) is 0 Å². The van der Waals surface area contributed by atoms with E-state index in [9.17, 15) is 13.2 Å². The number of anilines is 2. The van der Waals surface area contributed by atoms with Gasteiger partial charge in [0.05, 0.1) is 23.9 Å². The van der Waals surface area contributed by atoms with Crippen LogP contribution in [0.4, 0.5) is 24.9 Å². The first kappa shape index (κ1) is 24.2. The molecule has 0 unspecified atom stereocenters. The van der Waals surface area contributed by atoms with Crippen LogP contribution in [0.2, 0.25) is 0 Å². The monoisotopic (exact) mass is 492 g/mol. The number of nitrogens with zero attached hydrogens (tertiary/aromatic N) is 6. The summed E-state index contributed by atoms with van der Waals surface area (Å²) in [6.45, 7) is 6.05. The van der Waals surface area contributed by atoms with Crippen molar-refractivity contribution in [3.63, 3.8) is 0 Å². The minimum absolute atomic E-state index is 0.168. The summed E-state index contributed by atoms with van der Waals surface area (Å²) in [4.78, 5) is 20.3. The number of piperazine rings is 1. The van der Waals surface area contributed by atoms with E-state index in [1.807, 2.05) is 37.4 Å². The normalized spacial score (nSPS) is 15.0. The van der Waals surface area contributed by atoms with Crippen molar-refractivity contribution in [3.05, 3.63) is 46.6 Å². The average molecular weight is 493 g/mol. The minimum atomic E-state index is -4.42. The fraction of sp³-hybridized carbons (Fsp3) is 0.435. The fourth-order valence-electron chi connectivity index (χ4n) is 3.81. The zero-order valence-electron chi connectivity index (χ0n) is 19.6. The molecule has 0 amide bonds. The first-order valence-corrected chi connectivity index (χ1v) is 11.7. The summed E-state index contributed by atoms with van der Waals surface area (Å²) in [6.07, 6.45) is -4.42. The number of alkyl halides is 3. The number of hydrogen-bond donors (Lipinski definition) is 0. The predicted octanol–water partition coefficient (Wildman–Crippen LogP) is 4.32. The largest absolute Gasteiger partial charge is 0.496 e. The lowest BCUT2D eigenvalue weighted by Crippen LogP contribution is -2.46. The third kappa shape index (κ3) is 5.41. The summed E-state index contributed by atoms with van der Waals surface area (Å²) in [5.74, 6) is 1.80. The second-order valence-electron chi connectivity index (χ2n) is 8.38. The van der Waals surface area contributed by atoms with Gasteiger partial charge >= 0.3 is 6.18 Å². The average Bonchev–Trinajstić information content (AvgIpc) is 3.26. The summed E-state index contributed by atoms with van der Waals surface area (Å²) >= 11 is 1.41. The number of benzene rings is 1. The molecule has 1 aliphatic rings. The zero-order valence-corrected chi connectivity index (χ0v) is 20.4. The fourth-order valence-corrected chi connectivity index (χ4v) is 4.65. The molecule has 0 aliphatic carbocycles. The number of thiazole rings is 1. The number of halogens is 3. The standard InChI is InChI=1S/C23H27F3N6OS/c1-15-11-20(29-22(27-15)30(2)3)32-9-7-31(8-10-32)13-17-14-34-21(28-17)18-6-5-16(23(24,25)26)12-19(18)33-4/h5-6,11-12,14H,7-10,13H2,1-4H3. The summed E-state index contributed by atoms with van der Waals surface area (Å²) in [6, 6.07) is 5.52. The van der Waals surface area contributed by atoms with Crippen molar-refractivity contribution >= 4 is 23.1 Å². The van der Waals surface area contributed by atoms with Gasteiger partial charge in [-0.3, -0.25) is 4.90 Å². The zero-order chi connectivity index (χ0) is 24.5. The lowest BCUT2D eigenvalue weighted by Gasteiger charge is -2.35. The SMILES string of the molecule is COc1cc(C(F)(F)F)ccc1-c1nc(CN2CCN(c3cc(C)nc(N(C)C)n3)CC2)cs1. The van der Waals surface area contributed by atoms with Gasteiger partial charge in [-0.05, 0) is 25.1 Å². The predicted molar refractivity (Wildman–Crippen MR) is 128 cm³/mol. The molecule has 0 saturated carbocycles. The lowest BCUT2D eigenvalue weighted by atomic mass is 10.1. The van der Waals surface area contributed by atoms with Gasteiger partial charge in [0.2, 0.25) is 5.95 Å². The molecule has 2 aromatic heterocycles. The lowest BCUT2D eigenvalue weighted by molar-refractivity contribution is -0.137. The van der Waals surface area contributed by atoms with E-state index in [2.05, 4.69) is 24.8 Å². The van der Waals surface area contributed by atoms with Crippen molar-refractivity contribution in [2.24, 2.45) is 0 Å². The molecule has 1 saturated heterocycles. The van der Waals surface area contributed by atoms with Crippen molar-refractivity contribution in [3.8, 4) is 16.3 Å². The van der Waals surface area contributed by atoms with Crippen LogP contribution in [-0.2, 0) is 12.7 Å². The third-order valence-electron chi connectivity index (χ3n) is 5.62. The van der Waals surface area contributed by atoms with Crippen LogP contribution in [0.1, 0.15) is 17.0 Å². The molecule has 0 bridgehead atoms. The summed E-state index contributed by atoms with van der Waals surface area (Å²) in [5, 5.41) is 2.60. The first-order valence-electron chi connectivity index (χ1n) is 10.8. The van der Waals surface area contributed by atoms with Gasteiger partial charge in [0, 0.05) is 64.0 Å². The number of methoxy groups -OCH3 is 1. The number of ether oxygens (including phenoxy) is 1. The Morgan fingerprint density at radius 3 is 2.44 bits per heavy atom. The van der Waals surface area contributed by atoms with Crippen LogP contribution in [0, 0.1) is 6.92 Å². The highest BCUT2D eigenvalue weighted by molar-refractivity contribution is 7.13. The summed E-state index contributed by atoms with van der Waals surface area (Å²) < 4.78 is 44.3. The molecule has 11 heteroatoms. The van der Waals surface area contributed by atoms with Gasteiger partial charge in [-0.1, -0.05) is 0 Å². The number of hydrogen-bond acceptors (Lipinski definition) is 8. The molecule has 7 nitrogen and oxygen atoms in total. The van der Waals surface area contributed by atoms with Gasteiger partial charge in [0.1, 0.15) is 16.6 Å². The van der Waals surface area contributed by atoms with Crippen LogP contribution in [0.3, 0.4) is 0 Å². The van der Waals surface area contributed by atoms with Crippen LogP contribution < -0.4 is 14.5 Å². The molecular formula is C23H27F3N6OS. The topological polar surface area (TPSA) is 57.6 Å². The molecule has 0 radical (unpaired) electrons. The molecular weight excluding hydrogens is 465 g/mol.